The predicted molar refractivity (Wildman–Crippen MR) is 142 cm³/mol. The summed E-state index contributed by atoms with van der Waals surface area (Å²) < 4.78 is 13.0. The van der Waals surface area contributed by atoms with Gasteiger partial charge in [0.15, 0.2) is 12.4 Å². The summed E-state index contributed by atoms with van der Waals surface area (Å²) in [6.45, 7) is 0.839. The summed E-state index contributed by atoms with van der Waals surface area (Å²) >= 11 is 0. The molecule has 0 unspecified atom stereocenters. The lowest BCUT2D eigenvalue weighted by molar-refractivity contribution is -0.606. The molecule has 3 aliphatic carbocycles. The Bertz CT molecular complexity index is 1230. The fourth-order valence-corrected chi connectivity index (χ4v) is 6.81. The highest BCUT2D eigenvalue weighted by atomic mass is 16.5. The number of hydrogen-bond acceptors (Lipinski definition) is 4. The summed E-state index contributed by atoms with van der Waals surface area (Å²) in [4.78, 5) is 0. The molecular weight excluding hydrogens is 462 g/mol. The van der Waals surface area contributed by atoms with Gasteiger partial charge in [0.2, 0.25) is 0 Å². The highest BCUT2D eigenvalue weighted by Crippen LogP contribution is 2.54. The fourth-order valence-electron chi connectivity index (χ4n) is 6.81. The SMILES string of the molecule is [O-][n+]1cccc(COc2ccc3c(c2)CC[C@@H]2C[C@@](O)(COC4CCC4)CC[C@@]32Cc2ccccc2)c1. The standard InChI is InChI=1S/C32H37NO4/c34-31(23-37-28-9-4-10-28)15-16-32(19-24-6-2-1-3-7-24)27(20-31)12-11-26-18-29(13-14-30(26)32)36-22-25-8-5-17-33(35)21-25/h1-3,5-8,13-14,17-18,21,27-28,34H,4,9-12,15-16,19-20,22-23H2/t27-,31-,32+/m1/s1. The second-order valence-electron chi connectivity index (χ2n) is 11.5. The van der Waals surface area contributed by atoms with Crippen molar-refractivity contribution in [2.75, 3.05) is 6.61 Å². The van der Waals surface area contributed by atoms with Gasteiger partial charge in [-0.15, -0.1) is 0 Å². The first-order chi connectivity index (χ1) is 18.0. The van der Waals surface area contributed by atoms with Crippen molar-refractivity contribution in [1.82, 2.24) is 0 Å². The van der Waals surface area contributed by atoms with E-state index in [4.69, 9.17) is 9.47 Å². The van der Waals surface area contributed by atoms with Crippen molar-refractivity contribution in [3.05, 3.63) is 101 Å². The van der Waals surface area contributed by atoms with Crippen molar-refractivity contribution >= 4 is 0 Å². The van der Waals surface area contributed by atoms with Gasteiger partial charge in [0.25, 0.3) is 0 Å². The zero-order chi connectivity index (χ0) is 25.3. The van der Waals surface area contributed by atoms with Gasteiger partial charge >= 0.3 is 0 Å². The number of benzene rings is 2. The zero-order valence-electron chi connectivity index (χ0n) is 21.5. The average Bonchev–Trinajstić information content (AvgIpc) is 2.87. The zero-order valence-corrected chi connectivity index (χ0v) is 21.5. The van der Waals surface area contributed by atoms with Crippen LogP contribution in [0.25, 0.3) is 0 Å². The van der Waals surface area contributed by atoms with Crippen molar-refractivity contribution in [2.45, 2.75) is 81.5 Å². The minimum atomic E-state index is -0.727. The number of aryl methyl sites for hydroxylation is 1. The number of rotatable bonds is 8. The molecule has 2 fully saturated rings. The summed E-state index contributed by atoms with van der Waals surface area (Å²) in [6.07, 6.45) is 12.5. The number of ether oxygens (including phenoxy) is 2. The number of fused-ring (bicyclic) bond motifs is 3. The summed E-state index contributed by atoms with van der Waals surface area (Å²) in [6, 6.07) is 21.0. The average molecular weight is 500 g/mol. The summed E-state index contributed by atoms with van der Waals surface area (Å²) in [5, 5.41) is 23.2. The van der Waals surface area contributed by atoms with Crippen LogP contribution in [0.4, 0.5) is 0 Å². The molecule has 1 heterocycles. The Kier molecular flexibility index (Phi) is 6.68. The van der Waals surface area contributed by atoms with Crippen molar-refractivity contribution < 1.29 is 19.3 Å². The minimum absolute atomic E-state index is 0.00367. The van der Waals surface area contributed by atoms with Crippen molar-refractivity contribution in [3.8, 4) is 5.75 Å². The van der Waals surface area contributed by atoms with E-state index in [-0.39, 0.29) is 5.41 Å². The van der Waals surface area contributed by atoms with E-state index >= 15 is 0 Å². The molecule has 0 amide bonds. The molecule has 2 saturated carbocycles. The van der Waals surface area contributed by atoms with Gasteiger partial charge in [0.1, 0.15) is 12.4 Å². The van der Waals surface area contributed by atoms with E-state index in [0.717, 1.165) is 67.4 Å². The lowest BCUT2D eigenvalue weighted by Gasteiger charge is -2.53. The maximum atomic E-state index is 11.6. The molecule has 0 aliphatic heterocycles. The lowest BCUT2D eigenvalue weighted by Crippen LogP contribution is -2.53. The van der Waals surface area contributed by atoms with Gasteiger partial charge in [0, 0.05) is 11.5 Å². The molecule has 0 radical (unpaired) electrons. The molecule has 6 rings (SSSR count). The predicted octanol–water partition coefficient (Wildman–Crippen LogP) is 5.43. The molecule has 5 heteroatoms. The van der Waals surface area contributed by atoms with Gasteiger partial charge in [0.05, 0.1) is 23.9 Å². The summed E-state index contributed by atoms with van der Waals surface area (Å²) in [7, 11) is 0. The van der Waals surface area contributed by atoms with Gasteiger partial charge in [-0.1, -0.05) is 36.4 Å². The van der Waals surface area contributed by atoms with E-state index in [9.17, 15) is 10.3 Å². The molecule has 1 aromatic heterocycles. The van der Waals surface area contributed by atoms with Crippen LogP contribution >= 0.6 is 0 Å². The maximum absolute atomic E-state index is 11.6. The van der Waals surface area contributed by atoms with Crippen LogP contribution < -0.4 is 9.47 Å². The van der Waals surface area contributed by atoms with Crippen LogP contribution in [-0.4, -0.2) is 23.4 Å². The molecule has 0 saturated heterocycles. The highest BCUT2D eigenvalue weighted by Gasteiger charge is 2.51. The first-order valence-electron chi connectivity index (χ1n) is 13.8. The Morgan fingerprint density at radius 2 is 1.81 bits per heavy atom. The Hall–Kier alpha value is -2.89. The summed E-state index contributed by atoms with van der Waals surface area (Å²) in [5.74, 6) is 1.25. The monoisotopic (exact) mass is 499 g/mol. The van der Waals surface area contributed by atoms with Crippen LogP contribution in [0.2, 0.25) is 0 Å². The normalized spacial score (nSPS) is 27.1. The second kappa shape index (κ2) is 10.1. The Labute approximate surface area is 219 Å². The van der Waals surface area contributed by atoms with Gasteiger partial charge < -0.3 is 19.8 Å². The van der Waals surface area contributed by atoms with Crippen LogP contribution in [0.15, 0.2) is 73.1 Å². The van der Waals surface area contributed by atoms with Crippen LogP contribution in [0, 0.1) is 11.1 Å². The van der Waals surface area contributed by atoms with Crippen LogP contribution in [-0.2, 0) is 29.6 Å². The first kappa shape index (κ1) is 24.4. The molecule has 3 aliphatic rings. The number of pyridine rings is 1. The fraction of sp³-hybridized carbons (Fsp3) is 0.469. The quantitative estimate of drug-likeness (QED) is 0.332. The van der Waals surface area contributed by atoms with E-state index in [0.29, 0.717) is 25.2 Å². The van der Waals surface area contributed by atoms with Crippen molar-refractivity contribution in [1.29, 1.82) is 0 Å². The smallest absolute Gasteiger partial charge is 0.186 e. The lowest BCUT2D eigenvalue weighted by atomic mass is 9.52. The van der Waals surface area contributed by atoms with Gasteiger partial charge in [-0.3, -0.25) is 0 Å². The number of aromatic nitrogens is 1. The number of aliphatic hydroxyl groups is 1. The molecule has 5 nitrogen and oxygen atoms in total. The van der Waals surface area contributed by atoms with Gasteiger partial charge in [-0.05, 0) is 98.6 Å². The van der Waals surface area contributed by atoms with Crippen LogP contribution in [0.3, 0.4) is 0 Å². The van der Waals surface area contributed by atoms with Gasteiger partial charge in [-0.2, -0.15) is 4.73 Å². The van der Waals surface area contributed by atoms with Crippen LogP contribution in [0.1, 0.15) is 67.2 Å². The number of nitrogens with zero attached hydrogens (tertiary/aromatic N) is 1. The van der Waals surface area contributed by atoms with E-state index in [2.05, 4.69) is 48.5 Å². The van der Waals surface area contributed by atoms with Crippen LogP contribution in [0.5, 0.6) is 5.75 Å². The molecule has 0 bridgehead atoms. The molecule has 3 atom stereocenters. The minimum Gasteiger partial charge on any atom is -0.619 e. The first-order valence-corrected chi connectivity index (χ1v) is 13.8. The van der Waals surface area contributed by atoms with Gasteiger partial charge in [-0.25, -0.2) is 0 Å². The third-order valence-electron chi connectivity index (χ3n) is 9.06. The molecule has 1 N–H and O–H groups in total. The van der Waals surface area contributed by atoms with Crippen molar-refractivity contribution in [2.24, 2.45) is 5.92 Å². The van der Waals surface area contributed by atoms with E-state index < -0.39 is 5.60 Å². The van der Waals surface area contributed by atoms with E-state index in [1.54, 1.807) is 12.3 Å². The third-order valence-corrected chi connectivity index (χ3v) is 9.06. The summed E-state index contributed by atoms with van der Waals surface area (Å²) in [5.41, 5.74) is 4.25. The number of hydrogen-bond donors (Lipinski definition) is 1. The second-order valence-corrected chi connectivity index (χ2v) is 11.5. The maximum Gasteiger partial charge on any atom is 0.186 e. The Morgan fingerprint density at radius 1 is 0.973 bits per heavy atom. The van der Waals surface area contributed by atoms with Crippen molar-refractivity contribution in [3.63, 3.8) is 0 Å². The Balaban J connectivity index is 1.25. The van der Waals surface area contributed by atoms with E-state index in [1.165, 1.54) is 29.3 Å². The largest absolute Gasteiger partial charge is 0.619 e. The molecular formula is C32H37NO4. The molecule has 3 aromatic rings. The van der Waals surface area contributed by atoms with E-state index in [1.807, 2.05) is 6.07 Å². The molecule has 2 aromatic carbocycles. The highest BCUT2D eigenvalue weighted by molar-refractivity contribution is 5.45. The molecule has 194 valence electrons. The molecule has 37 heavy (non-hydrogen) atoms. The molecule has 0 spiro atoms. The Morgan fingerprint density at radius 3 is 2.59 bits per heavy atom. The third kappa shape index (κ3) is 5.12. The topological polar surface area (TPSA) is 65.6 Å².